The first kappa shape index (κ1) is 15.5. The summed E-state index contributed by atoms with van der Waals surface area (Å²) in [6.07, 6.45) is -4.50. The molecule has 0 aromatic carbocycles. The van der Waals surface area contributed by atoms with Crippen LogP contribution < -0.4 is 0 Å². The maximum Gasteiger partial charge on any atom is 0.406 e. The van der Waals surface area contributed by atoms with Crippen LogP contribution in [0.5, 0.6) is 0 Å². The van der Waals surface area contributed by atoms with Gasteiger partial charge in [-0.2, -0.15) is 13.2 Å². The first-order valence-corrected chi connectivity index (χ1v) is 4.91. The van der Waals surface area contributed by atoms with Crippen LogP contribution in [0.1, 0.15) is 13.8 Å². The van der Waals surface area contributed by atoms with Gasteiger partial charge in [0.25, 0.3) is 0 Å². The van der Waals surface area contributed by atoms with E-state index in [2.05, 4.69) is 0 Å². The number of amides is 2. The number of halogens is 3. The number of aliphatic carboxylic acids is 1. The van der Waals surface area contributed by atoms with E-state index in [0.717, 1.165) is 11.9 Å². The average Bonchev–Trinajstić information content (AvgIpc) is 2.21. The second kappa shape index (κ2) is 5.74. The number of carbonyl (C=O) groups excluding carboxylic acids is 1. The molecule has 0 spiro atoms. The number of carboxylic acids is 1. The number of nitrogens with zero attached hydrogens (tertiary/aromatic N) is 2. The lowest BCUT2D eigenvalue weighted by Crippen LogP contribution is -2.50. The summed E-state index contributed by atoms with van der Waals surface area (Å²) in [5.41, 5.74) is 0. The van der Waals surface area contributed by atoms with Gasteiger partial charge in [0, 0.05) is 13.6 Å². The second-order valence-corrected chi connectivity index (χ2v) is 3.54. The van der Waals surface area contributed by atoms with Gasteiger partial charge in [-0.25, -0.2) is 9.59 Å². The van der Waals surface area contributed by atoms with Gasteiger partial charge in [0.15, 0.2) is 0 Å². The Balaban J connectivity index is 4.70. The van der Waals surface area contributed by atoms with Crippen LogP contribution in [-0.2, 0) is 4.79 Å². The quantitative estimate of drug-likeness (QED) is 0.827. The van der Waals surface area contributed by atoms with Gasteiger partial charge in [-0.05, 0) is 13.8 Å². The highest BCUT2D eigenvalue weighted by molar-refractivity contribution is 5.82. The molecule has 8 heteroatoms. The van der Waals surface area contributed by atoms with Crippen LogP contribution >= 0.6 is 0 Å². The average molecular weight is 256 g/mol. The SMILES string of the molecule is CCN(CC(F)(F)F)C(=O)N(C)C(C)C(=O)O. The third-order valence-corrected chi connectivity index (χ3v) is 2.26. The van der Waals surface area contributed by atoms with Crippen LogP contribution in [0.25, 0.3) is 0 Å². The van der Waals surface area contributed by atoms with Crippen LogP contribution in [0.4, 0.5) is 18.0 Å². The van der Waals surface area contributed by atoms with Crippen molar-refractivity contribution < 1.29 is 27.9 Å². The Morgan fingerprint density at radius 2 is 1.82 bits per heavy atom. The fraction of sp³-hybridized carbons (Fsp3) is 0.778. The van der Waals surface area contributed by atoms with Gasteiger partial charge in [0.2, 0.25) is 0 Å². The normalized spacial score (nSPS) is 13.1. The summed E-state index contributed by atoms with van der Waals surface area (Å²) in [6, 6.07) is -2.13. The Kier molecular flexibility index (Phi) is 5.24. The van der Waals surface area contributed by atoms with Gasteiger partial charge in [0.1, 0.15) is 12.6 Å². The number of carboxylic acid groups (broad SMARTS) is 1. The predicted molar refractivity (Wildman–Crippen MR) is 53.6 cm³/mol. The number of carbonyl (C=O) groups is 2. The molecule has 5 nitrogen and oxygen atoms in total. The summed E-state index contributed by atoms with van der Waals surface area (Å²) in [5.74, 6) is -1.27. The van der Waals surface area contributed by atoms with Gasteiger partial charge in [-0.15, -0.1) is 0 Å². The number of hydrogen-bond donors (Lipinski definition) is 1. The highest BCUT2D eigenvalue weighted by Crippen LogP contribution is 2.17. The highest BCUT2D eigenvalue weighted by atomic mass is 19.4. The third-order valence-electron chi connectivity index (χ3n) is 2.26. The first-order valence-electron chi connectivity index (χ1n) is 4.91. The van der Waals surface area contributed by atoms with Crippen molar-refractivity contribution in [1.29, 1.82) is 0 Å². The van der Waals surface area contributed by atoms with Gasteiger partial charge >= 0.3 is 18.2 Å². The van der Waals surface area contributed by atoms with Gasteiger partial charge in [0.05, 0.1) is 0 Å². The molecule has 17 heavy (non-hydrogen) atoms. The fourth-order valence-electron chi connectivity index (χ4n) is 1.09. The molecule has 2 amide bonds. The number of rotatable bonds is 4. The smallest absolute Gasteiger partial charge is 0.406 e. The zero-order valence-electron chi connectivity index (χ0n) is 9.78. The molecule has 0 radical (unpaired) electrons. The molecule has 0 aliphatic carbocycles. The molecule has 1 unspecified atom stereocenters. The van der Waals surface area contributed by atoms with Crippen molar-refractivity contribution >= 4 is 12.0 Å². The van der Waals surface area contributed by atoms with E-state index in [1.54, 1.807) is 0 Å². The van der Waals surface area contributed by atoms with E-state index in [9.17, 15) is 22.8 Å². The van der Waals surface area contributed by atoms with Crippen LogP contribution in [0.2, 0.25) is 0 Å². The van der Waals surface area contributed by atoms with E-state index < -0.39 is 30.8 Å². The topological polar surface area (TPSA) is 60.9 Å². The highest BCUT2D eigenvalue weighted by Gasteiger charge is 2.34. The summed E-state index contributed by atoms with van der Waals surface area (Å²) in [7, 11) is 1.15. The molecule has 0 rings (SSSR count). The van der Waals surface area contributed by atoms with Crippen molar-refractivity contribution in [2.45, 2.75) is 26.1 Å². The van der Waals surface area contributed by atoms with E-state index in [1.165, 1.54) is 13.8 Å². The summed E-state index contributed by atoms with van der Waals surface area (Å²) >= 11 is 0. The standard InChI is InChI=1S/C9H15F3N2O3/c1-4-14(5-9(10,11)12)8(17)13(3)6(2)7(15)16/h6H,4-5H2,1-3H3,(H,15,16). The van der Waals surface area contributed by atoms with Crippen molar-refractivity contribution in [1.82, 2.24) is 9.80 Å². The van der Waals surface area contributed by atoms with Gasteiger partial charge in [-0.3, -0.25) is 0 Å². The Morgan fingerprint density at radius 3 is 2.12 bits per heavy atom. The van der Waals surface area contributed by atoms with Crippen molar-refractivity contribution in [3.63, 3.8) is 0 Å². The molecule has 0 aliphatic heterocycles. The maximum absolute atomic E-state index is 12.1. The minimum Gasteiger partial charge on any atom is -0.480 e. The number of urea groups is 1. The molecule has 1 N–H and O–H groups in total. The Labute approximate surface area is 96.8 Å². The minimum atomic E-state index is -4.50. The van der Waals surface area contributed by atoms with Gasteiger partial charge < -0.3 is 14.9 Å². The molecule has 0 fully saturated rings. The maximum atomic E-state index is 12.1. The molecule has 100 valence electrons. The Bertz CT molecular complexity index is 294. The molecule has 0 saturated carbocycles. The zero-order chi connectivity index (χ0) is 13.8. The van der Waals surface area contributed by atoms with Crippen LogP contribution in [-0.4, -0.2) is 59.3 Å². The monoisotopic (exact) mass is 256 g/mol. The first-order chi connectivity index (χ1) is 7.60. The number of alkyl halides is 3. The number of likely N-dealkylation sites (N-methyl/N-ethyl adjacent to an activating group) is 1. The summed E-state index contributed by atoms with van der Waals surface area (Å²) < 4.78 is 36.4. The molecular formula is C9H15F3N2O3. The van der Waals surface area contributed by atoms with E-state index in [1.807, 2.05) is 0 Å². The lowest BCUT2D eigenvalue weighted by atomic mass is 10.3. The molecule has 0 saturated heterocycles. The third kappa shape index (κ3) is 4.92. The summed E-state index contributed by atoms with van der Waals surface area (Å²) in [6.45, 7) is 1.08. The molecule has 0 heterocycles. The van der Waals surface area contributed by atoms with Crippen LogP contribution in [0.15, 0.2) is 0 Å². The lowest BCUT2D eigenvalue weighted by molar-refractivity contribution is -0.143. The molecule has 0 aromatic heterocycles. The molecular weight excluding hydrogens is 241 g/mol. The van der Waals surface area contributed by atoms with Crippen LogP contribution in [0.3, 0.4) is 0 Å². The van der Waals surface area contributed by atoms with Crippen molar-refractivity contribution in [3.05, 3.63) is 0 Å². The second-order valence-electron chi connectivity index (χ2n) is 3.54. The van der Waals surface area contributed by atoms with Crippen molar-refractivity contribution in [2.75, 3.05) is 20.1 Å². The zero-order valence-corrected chi connectivity index (χ0v) is 9.78. The van der Waals surface area contributed by atoms with E-state index in [4.69, 9.17) is 5.11 Å². The predicted octanol–water partition coefficient (Wildman–Crippen LogP) is 1.40. The number of hydrogen-bond acceptors (Lipinski definition) is 2. The summed E-state index contributed by atoms with van der Waals surface area (Å²) in [4.78, 5) is 23.5. The van der Waals surface area contributed by atoms with Crippen molar-refractivity contribution in [3.8, 4) is 0 Å². The summed E-state index contributed by atoms with van der Waals surface area (Å²) in [5, 5.41) is 8.65. The largest absolute Gasteiger partial charge is 0.480 e. The van der Waals surface area contributed by atoms with Gasteiger partial charge in [-0.1, -0.05) is 0 Å². The molecule has 0 bridgehead atoms. The fourth-order valence-corrected chi connectivity index (χ4v) is 1.09. The van der Waals surface area contributed by atoms with Crippen molar-refractivity contribution in [2.24, 2.45) is 0 Å². The molecule has 1 atom stereocenters. The van der Waals surface area contributed by atoms with E-state index in [0.29, 0.717) is 4.90 Å². The van der Waals surface area contributed by atoms with E-state index >= 15 is 0 Å². The van der Waals surface area contributed by atoms with E-state index in [-0.39, 0.29) is 6.54 Å². The molecule has 0 aromatic rings. The molecule has 0 aliphatic rings. The minimum absolute atomic E-state index is 0.144. The Morgan fingerprint density at radius 1 is 1.35 bits per heavy atom. The lowest BCUT2D eigenvalue weighted by Gasteiger charge is -2.29. The van der Waals surface area contributed by atoms with Crippen LogP contribution in [0, 0.1) is 0 Å². The Hall–Kier alpha value is -1.47.